The van der Waals surface area contributed by atoms with E-state index in [4.69, 9.17) is 9.47 Å². The molecule has 3 rings (SSSR count). The molecule has 1 atom stereocenters. The molecule has 2 amide bonds. The lowest BCUT2D eigenvalue weighted by Gasteiger charge is -2.22. The van der Waals surface area contributed by atoms with Crippen molar-refractivity contribution in [3.8, 4) is 5.69 Å². The van der Waals surface area contributed by atoms with E-state index in [0.29, 0.717) is 6.61 Å². The molecular weight excluding hydrogens is 480 g/mol. The Morgan fingerprint density at radius 1 is 1.03 bits per heavy atom. The lowest BCUT2D eigenvalue weighted by atomic mass is 10.1. The summed E-state index contributed by atoms with van der Waals surface area (Å²) in [6, 6.07) is 16.8. The molecular formula is C30H38N4O4. The lowest BCUT2D eigenvalue weighted by molar-refractivity contribution is -0.124. The Morgan fingerprint density at radius 2 is 1.74 bits per heavy atom. The summed E-state index contributed by atoms with van der Waals surface area (Å²) in [7, 11) is 0. The maximum absolute atomic E-state index is 13.0. The fourth-order valence-electron chi connectivity index (χ4n) is 4.01. The Balaban J connectivity index is 1.71. The number of nitrogens with one attached hydrogen (secondary N) is 2. The van der Waals surface area contributed by atoms with Gasteiger partial charge in [0.15, 0.2) is 0 Å². The molecule has 0 radical (unpaired) electrons. The molecule has 202 valence electrons. The predicted octanol–water partition coefficient (Wildman–Crippen LogP) is 5.27. The summed E-state index contributed by atoms with van der Waals surface area (Å²) in [5.41, 5.74) is 9.27. The number of amides is 2. The van der Waals surface area contributed by atoms with Crippen LogP contribution in [0.15, 0.2) is 59.7 Å². The molecule has 0 aliphatic heterocycles. The van der Waals surface area contributed by atoms with E-state index in [-0.39, 0.29) is 6.61 Å². The van der Waals surface area contributed by atoms with E-state index in [0.717, 1.165) is 28.2 Å². The Hall–Kier alpha value is -3.91. The van der Waals surface area contributed by atoms with Crippen molar-refractivity contribution in [1.29, 1.82) is 0 Å². The summed E-state index contributed by atoms with van der Waals surface area (Å²) < 4.78 is 13.2. The number of nitrogens with zero attached hydrogens (tertiary/aromatic N) is 2. The molecule has 8 nitrogen and oxygen atoms in total. The minimum Gasteiger partial charge on any atom is -0.444 e. The summed E-state index contributed by atoms with van der Waals surface area (Å²) >= 11 is 0. The maximum Gasteiger partial charge on any atom is 0.408 e. The minimum absolute atomic E-state index is 0.0450. The zero-order valence-corrected chi connectivity index (χ0v) is 23.3. The van der Waals surface area contributed by atoms with Gasteiger partial charge in [0.05, 0.1) is 19.4 Å². The third kappa shape index (κ3) is 7.79. The quantitative estimate of drug-likeness (QED) is 0.298. The number of aromatic nitrogens is 1. The van der Waals surface area contributed by atoms with Crippen molar-refractivity contribution < 1.29 is 19.1 Å². The maximum atomic E-state index is 13.0. The monoisotopic (exact) mass is 518 g/mol. The molecule has 38 heavy (non-hydrogen) atoms. The first-order valence-electron chi connectivity index (χ1n) is 12.7. The highest BCUT2D eigenvalue weighted by Gasteiger charge is 2.24. The van der Waals surface area contributed by atoms with E-state index in [1.807, 2.05) is 56.3 Å². The molecule has 0 saturated heterocycles. The number of benzene rings is 2. The van der Waals surface area contributed by atoms with Crippen LogP contribution < -0.4 is 10.7 Å². The Morgan fingerprint density at radius 3 is 2.42 bits per heavy atom. The summed E-state index contributed by atoms with van der Waals surface area (Å²) in [6.45, 7) is 13.8. The largest absolute Gasteiger partial charge is 0.444 e. The first-order chi connectivity index (χ1) is 18.0. The number of carbonyl (C=O) groups excluding carboxylic acids is 2. The van der Waals surface area contributed by atoms with Crippen LogP contribution in [0.4, 0.5) is 4.79 Å². The Bertz CT molecular complexity index is 1290. The van der Waals surface area contributed by atoms with Crippen LogP contribution in [0.25, 0.3) is 5.69 Å². The summed E-state index contributed by atoms with van der Waals surface area (Å²) in [6.07, 6.45) is 0.902. The second kappa shape index (κ2) is 12.6. The topological polar surface area (TPSA) is 94.0 Å². The molecule has 0 fully saturated rings. The van der Waals surface area contributed by atoms with Crippen LogP contribution in [-0.2, 0) is 20.9 Å². The standard InChI is InChI=1S/C30H38N4O4/c1-20-12-11-15-27(22(20)3)34-21(2)16-25(23(34)4)17-31-33-28(35)26(32-29(36)38-30(5,6)7)19-37-18-24-13-9-8-10-14-24/h8-17,26H,18-19H2,1-7H3,(H,32,36)(H,33,35)/b31-17-/t26-/m0/s1. The highest BCUT2D eigenvalue weighted by molar-refractivity contribution is 5.88. The van der Waals surface area contributed by atoms with Crippen molar-refractivity contribution in [2.45, 2.75) is 66.7 Å². The van der Waals surface area contributed by atoms with Gasteiger partial charge in [0.25, 0.3) is 5.91 Å². The van der Waals surface area contributed by atoms with Gasteiger partial charge in [0, 0.05) is 22.6 Å². The zero-order valence-electron chi connectivity index (χ0n) is 23.3. The van der Waals surface area contributed by atoms with Gasteiger partial charge in [-0.1, -0.05) is 42.5 Å². The van der Waals surface area contributed by atoms with Gasteiger partial charge in [0.2, 0.25) is 0 Å². The van der Waals surface area contributed by atoms with Crippen LogP contribution in [0.3, 0.4) is 0 Å². The van der Waals surface area contributed by atoms with Gasteiger partial charge < -0.3 is 19.4 Å². The number of carbonyl (C=O) groups is 2. The van der Waals surface area contributed by atoms with E-state index >= 15 is 0 Å². The number of hydrazone groups is 1. The van der Waals surface area contributed by atoms with Crippen LogP contribution >= 0.6 is 0 Å². The smallest absolute Gasteiger partial charge is 0.408 e. The second-order valence-corrected chi connectivity index (χ2v) is 10.3. The summed E-state index contributed by atoms with van der Waals surface area (Å²) in [5.74, 6) is -0.511. The molecule has 0 bridgehead atoms. The third-order valence-corrected chi connectivity index (χ3v) is 6.07. The van der Waals surface area contributed by atoms with E-state index < -0.39 is 23.6 Å². The molecule has 2 aromatic carbocycles. The lowest BCUT2D eigenvalue weighted by Crippen LogP contribution is -2.49. The van der Waals surface area contributed by atoms with Gasteiger partial charge in [-0.05, 0) is 77.3 Å². The number of aryl methyl sites for hydroxylation is 2. The van der Waals surface area contributed by atoms with E-state index in [1.165, 1.54) is 11.1 Å². The fraction of sp³-hybridized carbons (Fsp3) is 0.367. The fourth-order valence-corrected chi connectivity index (χ4v) is 4.01. The van der Waals surface area contributed by atoms with E-state index in [9.17, 15) is 9.59 Å². The highest BCUT2D eigenvalue weighted by atomic mass is 16.6. The first kappa shape index (κ1) is 28.7. The van der Waals surface area contributed by atoms with Crippen molar-refractivity contribution >= 4 is 18.2 Å². The van der Waals surface area contributed by atoms with Crippen molar-refractivity contribution in [3.63, 3.8) is 0 Å². The van der Waals surface area contributed by atoms with Crippen molar-refractivity contribution in [1.82, 2.24) is 15.3 Å². The molecule has 8 heteroatoms. The third-order valence-electron chi connectivity index (χ3n) is 6.07. The average molecular weight is 519 g/mol. The second-order valence-electron chi connectivity index (χ2n) is 10.3. The SMILES string of the molecule is Cc1cccc(-n2c(C)cc(/C=N\NC(=O)[C@H](COCc3ccccc3)NC(=O)OC(C)(C)C)c2C)c1C. The van der Waals surface area contributed by atoms with Crippen molar-refractivity contribution in [2.24, 2.45) is 5.10 Å². The van der Waals surface area contributed by atoms with Gasteiger partial charge in [-0.2, -0.15) is 5.10 Å². The van der Waals surface area contributed by atoms with Gasteiger partial charge in [-0.3, -0.25) is 4.79 Å². The van der Waals surface area contributed by atoms with Crippen LogP contribution in [0.1, 0.15) is 54.4 Å². The number of hydrogen-bond acceptors (Lipinski definition) is 5. The molecule has 0 spiro atoms. The molecule has 2 N–H and O–H groups in total. The van der Waals surface area contributed by atoms with E-state index in [2.05, 4.69) is 46.4 Å². The molecule has 1 aromatic heterocycles. The number of ether oxygens (including phenoxy) is 2. The number of hydrogen-bond donors (Lipinski definition) is 2. The van der Waals surface area contributed by atoms with E-state index in [1.54, 1.807) is 27.0 Å². The highest BCUT2D eigenvalue weighted by Crippen LogP contribution is 2.24. The molecule has 0 saturated carbocycles. The average Bonchev–Trinajstić information content (AvgIpc) is 3.12. The minimum atomic E-state index is -0.993. The van der Waals surface area contributed by atoms with Gasteiger partial charge in [-0.15, -0.1) is 0 Å². The Kier molecular flexibility index (Phi) is 9.47. The van der Waals surface area contributed by atoms with Gasteiger partial charge in [0.1, 0.15) is 11.6 Å². The van der Waals surface area contributed by atoms with Crippen molar-refractivity contribution in [2.75, 3.05) is 6.61 Å². The molecule has 1 heterocycles. The van der Waals surface area contributed by atoms with Gasteiger partial charge >= 0.3 is 6.09 Å². The van der Waals surface area contributed by atoms with Crippen LogP contribution in [-0.4, -0.2) is 41.0 Å². The normalized spacial score (nSPS) is 12.4. The van der Waals surface area contributed by atoms with Crippen LogP contribution in [0.5, 0.6) is 0 Å². The first-order valence-corrected chi connectivity index (χ1v) is 12.7. The molecule has 0 unspecified atom stereocenters. The predicted molar refractivity (Wildman–Crippen MR) is 150 cm³/mol. The van der Waals surface area contributed by atoms with Gasteiger partial charge in [-0.25, -0.2) is 10.2 Å². The van der Waals surface area contributed by atoms with Crippen molar-refractivity contribution in [3.05, 3.63) is 88.2 Å². The number of rotatable bonds is 9. The zero-order chi connectivity index (χ0) is 27.9. The van der Waals surface area contributed by atoms with Crippen LogP contribution in [0, 0.1) is 27.7 Å². The number of alkyl carbamates (subject to hydrolysis) is 1. The molecule has 0 aliphatic carbocycles. The summed E-state index contributed by atoms with van der Waals surface area (Å²) in [5, 5.41) is 6.76. The Labute approximate surface area is 225 Å². The molecule has 3 aromatic rings. The summed E-state index contributed by atoms with van der Waals surface area (Å²) in [4.78, 5) is 25.3. The molecule has 0 aliphatic rings. The van der Waals surface area contributed by atoms with Crippen LogP contribution in [0.2, 0.25) is 0 Å².